The zero-order chi connectivity index (χ0) is 18.9. The minimum atomic E-state index is -0.257. The number of anilines is 1. The second kappa shape index (κ2) is 7.20. The number of aryl methyl sites for hydroxylation is 1. The third-order valence-electron chi connectivity index (χ3n) is 3.71. The third-order valence-corrected chi connectivity index (χ3v) is 5.15. The van der Waals surface area contributed by atoms with Crippen molar-refractivity contribution in [3.63, 3.8) is 0 Å². The molecular weight excluding hydrogens is 368 g/mol. The lowest BCUT2D eigenvalue weighted by Gasteiger charge is -2.14. The van der Waals surface area contributed by atoms with E-state index in [-0.39, 0.29) is 11.3 Å². The van der Waals surface area contributed by atoms with Crippen molar-refractivity contribution >= 4 is 34.1 Å². The molecule has 1 amide bonds. The molecule has 0 aromatic carbocycles. The van der Waals surface area contributed by atoms with Crippen molar-refractivity contribution in [2.24, 2.45) is 0 Å². The van der Waals surface area contributed by atoms with Crippen molar-refractivity contribution in [1.82, 2.24) is 15.0 Å². The van der Waals surface area contributed by atoms with Gasteiger partial charge in [0, 0.05) is 10.8 Å². The SMILES string of the molecule is CSc1nc(-c2ccco2)nc(C)c1C(=O)Nc1nc(C(C)(C)C)cs1. The van der Waals surface area contributed by atoms with Gasteiger partial charge in [0.05, 0.1) is 23.2 Å². The summed E-state index contributed by atoms with van der Waals surface area (Å²) in [5.41, 5.74) is 1.94. The van der Waals surface area contributed by atoms with Crippen LogP contribution in [0.1, 0.15) is 42.5 Å². The lowest BCUT2D eigenvalue weighted by molar-refractivity contribution is 0.102. The van der Waals surface area contributed by atoms with Crippen molar-refractivity contribution in [3.8, 4) is 11.6 Å². The molecule has 0 fully saturated rings. The van der Waals surface area contributed by atoms with Crippen molar-refractivity contribution in [2.75, 3.05) is 11.6 Å². The van der Waals surface area contributed by atoms with Gasteiger partial charge in [0.15, 0.2) is 16.7 Å². The van der Waals surface area contributed by atoms with Crippen LogP contribution in [-0.4, -0.2) is 27.1 Å². The molecule has 0 radical (unpaired) electrons. The quantitative estimate of drug-likeness (QED) is 0.512. The molecule has 1 N–H and O–H groups in total. The summed E-state index contributed by atoms with van der Waals surface area (Å²) in [6.07, 6.45) is 3.45. The maximum absolute atomic E-state index is 12.8. The first-order chi connectivity index (χ1) is 12.3. The first-order valence-corrected chi connectivity index (χ1v) is 10.1. The highest BCUT2D eigenvalue weighted by atomic mass is 32.2. The molecule has 0 aliphatic carbocycles. The summed E-state index contributed by atoms with van der Waals surface area (Å²) in [6, 6.07) is 3.57. The van der Waals surface area contributed by atoms with Gasteiger partial charge in [0.1, 0.15) is 5.03 Å². The number of nitrogens with one attached hydrogen (secondary N) is 1. The van der Waals surface area contributed by atoms with Gasteiger partial charge in [0.25, 0.3) is 5.91 Å². The third kappa shape index (κ3) is 3.81. The number of hydrogen-bond acceptors (Lipinski definition) is 7. The molecule has 0 unspecified atom stereocenters. The van der Waals surface area contributed by atoms with Gasteiger partial charge >= 0.3 is 0 Å². The minimum absolute atomic E-state index is 0.0619. The zero-order valence-corrected chi connectivity index (χ0v) is 16.9. The molecule has 136 valence electrons. The van der Waals surface area contributed by atoms with E-state index < -0.39 is 0 Å². The molecule has 0 atom stereocenters. The van der Waals surface area contributed by atoms with E-state index in [9.17, 15) is 4.79 Å². The van der Waals surface area contributed by atoms with Gasteiger partial charge in [0.2, 0.25) is 0 Å². The predicted octanol–water partition coefficient (Wildman–Crippen LogP) is 4.77. The molecule has 6 nitrogen and oxygen atoms in total. The predicted molar refractivity (Wildman–Crippen MR) is 105 cm³/mol. The number of furan rings is 1. The molecule has 8 heteroatoms. The Morgan fingerprint density at radius 1 is 1.27 bits per heavy atom. The Morgan fingerprint density at radius 3 is 2.62 bits per heavy atom. The fourth-order valence-corrected chi connectivity index (χ4v) is 3.86. The first-order valence-electron chi connectivity index (χ1n) is 8.03. The van der Waals surface area contributed by atoms with E-state index in [1.165, 1.54) is 23.1 Å². The van der Waals surface area contributed by atoms with Crippen LogP contribution >= 0.6 is 23.1 Å². The number of amides is 1. The van der Waals surface area contributed by atoms with E-state index in [1.807, 2.05) is 11.6 Å². The van der Waals surface area contributed by atoms with Crippen molar-refractivity contribution < 1.29 is 9.21 Å². The van der Waals surface area contributed by atoms with Crippen LogP contribution in [0.2, 0.25) is 0 Å². The average molecular weight is 389 g/mol. The van der Waals surface area contributed by atoms with E-state index in [2.05, 4.69) is 41.0 Å². The molecule has 0 bridgehead atoms. The molecule has 3 aromatic rings. The van der Waals surface area contributed by atoms with Gasteiger partial charge in [-0.05, 0) is 25.3 Å². The molecule has 0 saturated heterocycles. The maximum atomic E-state index is 12.8. The van der Waals surface area contributed by atoms with Crippen molar-refractivity contribution in [2.45, 2.75) is 38.1 Å². The summed E-state index contributed by atoms with van der Waals surface area (Å²) in [5, 5.41) is 6.02. The number of rotatable bonds is 4. The van der Waals surface area contributed by atoms with Crippen LogP contribution < -0.4 is 5.32 Å². The minimum Gasteiger partial charge on any atom is -0.461 e. The van der Waals surface area contributed by atoms with Crippen LogP contribution in [0, 0.1) is 6.92 Å². The van der Waals surface area contributed by atoms with Crippen LogP contribution in [0.4, 0.5) is 5.13 Å². The summed E-state index contributed by atoms with van der Waals surface area (Å²) in [7, 11) is 0. The Hall–Kier alpha value is -2.19. The molecule has 0 spiro atoms. The molecule has 3 aromatic heterocycles. The van der Waals surface area contributed by atoms with Gasteiger partial charge in [-0.1, -0.05) is 20.8 Å². The molecule has 3 heterocycles. The van der Waals surface area contributed by atoms with Crippen LogP contribution in [0.3, 0.4) is 0 Å². The first kappa shape index (κ1) is 18.6. The topological polar surface area (TPSA) is 80.9 Å². The summed E-state index contributed by atoms with van der Waals surface area (Å²) in [4.78, 5) is 26.2. The summed E-state index contributed by atoms with van der Waals surface area (Å²) < 4.78 is 5.36. The second-order valence-electron chi connectivity index (χ2n) is 6.74. The van der Waals surface area contributed by atoms with Gasteiger partial charge in [-0.15, -0.1) is 23.1 Å². The largest absolute Gasteiger partial charge is 0.461 e. The molecule has 0 saturated carbocycles. The number of hydrogen-bond donors (Lipinski definition) is 1. The Labute approximate surface area is 160 Å². The number of thiazole rings is 1. The number of aromatic nitrogens is 3. The van der Waals surface area contributed by atoms with Gasteiger partial charge < -0.3 is 4.42 Å². The Balaban J connectivity index is 1.90. The highest BCUT2D eigenvalue weighted by molar-refractivity contribution is 7.98. The Morgan fingerprint density at radius 2 is 2.04 bits per heavy atom. The van der Waals surface area contributed by atoms with Crippen LogP contribution in [0.25, 0.3) is 11.6 Å². The average Bonchev–Trinajstić information content (AvgIpc) is 3.24. The van der Waals surface area contributed by atoms with E-state index in [0.717, 1.165) is 5.69 Å². The highest BCUT2D eigenvalue weighted by Crippen LogP contribution is 2.29. The van der Waals surface area contributed by atoms with E-state index in [4.69, 9.17) is 4.42 Å². The lowest BCUT2D eigenvalue weighted by Crippen LogP contribution is -2.17. The molecule has 26 heavy (non-hydrogen) atoms. The molecule has 0 aliphatic rings. The lowest BCUT2D eigenvalue weighted by atomic mass is 9.93. The summed E-state index contributed by atoms with van der Waals surface area (Å²) in [5.74, 6) is 0.787. The second-order valence-corrected chi connectivity index (χ2v) is 8.39. The monoisotopic (exact) mass is 388 g/mol. The fraction of sp³-hybridized carbons (Fsp3) is 0.333. The Kier molecular flexibility index (Phi) is 5.15. The maximum Gasteiger partial charge on any atom is 0.262 e. The van der Waals surface area contributed by atoms with Crippen molar-refractivity contribution in [3.05, 3.63) is 40.7 Å². The number of nitrogens with zero attached hydrogens (tertiary/aromatic N) is 3. The smallest absolute Gasteiger partial charge is 0.262 e. The molecular formula is C18H20N4O2S2. The van der Waals surface area contributed by atoms with E-state index in [0.29, 0.717) is 33.0 Å². The Bertz CT molecular complexity index is 927. The van der Waals surface area contributed by atoms with Crippen molar-refractivity contribution in [1.29, 1.82) is 0 Å². The number of carbonyl (C=O) groups is 1. The molecule has 3 rings (SSSR count). The fourth-order valence-electron chi connectivity index (χ4n) is 2.31. The number of thioether (sulfide) groups is 1. The van der Waals surface area contributed by atoms with Gasteiger partial charge in [-0.2, -0.15) is 0 Å². The summed E-state index contributed by atoms with van der Waals surface area (Å²) >= 11 is 2.81. The van der Waals surface area contributed by atoms with Crippen LogP contribution in [0.5, 0.6) is 0 Å². The van der Waals surface area contributed by atoms with E-state index >= 15 is 0 Å². The summed E-state index contributed by atoms with van der Waals surface area (Å²) in [6.45, 7) is 8.06. The van der Waals surface area contributed by atoms with Gasteiger partial charge in [-0.25, -0.2) is 15.0 Å². The molecule has 0 aliphatic heterocycles. The van der Waals surface area contributed by atoms with Crippen LogP contribution in [-0.2, 0) is 5.41 Å². The van der Waals surface area contributed by atoms with E-state index in [1.54, 1.807) is 25.3 Å². The zero-order valence-electron chi connectivity index (χ0n) is 15.3. The van der Waals surface area contributed by atoms with Crippen LogP contribution in [0.15, 0.2) is 33.2 Å². The van der Waals surface area contributed by atoms with Gasteiger partial charge in [-0.3, -0.25) is 10.1 Å². The number of carbonyl (C=O) groups excluding carboxylic acids is 1. The standard InChI is InChI=1S/C18H20N4O2S2/c1-10-13(15(23)22-17-20-12(9-26-17)18(2,3)4)16(25-5)21-14(19-10)11-7-6-8-24-11/h6-9H,1-5H3,(H,20,22,23). The highest BCUT2D eigenvalue weighted by Gasteiger charge is 2.22. The normalized spacial score (nSPS) is 11.6.